The van der Waals surface area contributed by atoms with Crippen LogP contribution in [-0.4, -0.2) is 55.3 Å². The van der Waals surface area contributed by atoms with Gasteiger partial charge in [-0.25, -0.2) is 4.98 Å². The Kier molecular flexibility index (Phi) is 2.33. The molecule has 2 aliphatic rings. The second-order valence-corrected chi connectivity index (χ2v) is 5.05. The zero-order valence-electron chi connectivity index (χ0n) is 10.7. The minimum absolute atomic E-state index is 0.0812. The molecule has 0 amide bonds. The maximum atomic E-state index is 11.6. The van der Waals surface area contributed by atoms with Gasteiger partial charge in [0, 0.05) is 18.7 Å². The molecule has 8 heteroatoms. The van der Waals surface area contributed by atoms with Crippen LogP contribution in [0.4, 0.5) is 0 Å². The fourth-order valence-corrected chi connectivity index (χ4v) is 2.78. The topological polar surface area (TPSA) is 74.7 Å². The van der Waals surface area contributed by atoms with Crippen molar-refractivity contribution in [2.75, 3.05) is 27.2 Å². The van der Waals surface area contributed by atoms with Crippen molar-refractivity contribution < 1.29 is 28.0 Å². The van der Waals surface area contributed by atoms with Crippen molar-refractivity contribution in [1.82, 2.24) is 4.98 Å². The van der Waals surface area contributed by atoms with Crippen LogP contribution < -0.4 is 10.3 Å². The average molecular weight is 264 g/mol. The van der Waals surface area contributed by atoms with E-state index in [4.69, 9.17) is 14.0 Å². The van der Waals surface area contributed by atoms with Crippen LogP contribution in [0.25, 0.3) is 0 Å². The van der Waals surface area contributed by atoms with E-state index >= 15 is 0 Å². The molecule has 3 heterocycles. The van der Waals surface area contributed by atoms with Gasteiger partial charge in [0.1, 0.15) is 13.1 Å². The van der Waals surface area contributed by atoms with Gasteiger partial charge in [-0.15, -0.1) is 0 Å². The first-order valence-electron chi connectivity index (χ1n) is 5.93. The molecule has 0 unspecified atom stereocenters. The summed E-state index contributed by atoms with van der Waals surface area (Å²) in [7, 11) is 3.25. The third-order valence-electron chi connectivity index (χ3n) is 3.71. The van der Waals surface area contributed by atoms with Crippen molar-refractivity contribution in [3.8, 4) is 5.88 Å². The van der Waals surface area contributed by atoms with E-state index in [1.54, 1.807) is 25.2 Å². The van der Waals surface area contributed by atoms with Crippen LogP contribution in [0.1, 0.15) is 0 Å². The van der Waals surface area contributed by atoms with Gasteiger partial charge in [-0.3, -0.25) is 9.59 Å². The van der Waals surface area contributed by atoms with Gasteiger partial charge in [0.15, 0.2) is 0 Å². The van der Waals surface area contributed by atoms with Crippen LogP contribution in [-0.2, 0) is 18.9 Å². The molecule has 2 aliphatic heterocycles. The average Bonchev–Trinajstić information content (AvgIpc) is 2.74. The summed E-state index contributed by atoms with van der Waals surface area (Å²) in [5, 5.41) is 0. The SMILES string of the molecule is COc1cccc([B-]23OC(=O)C[N+]2(C)CC(=O)O3)n1. The highest BCUT2D eigenvalue weighted by Crippen LogP contribution is 2.33. The highest BCUT2D eigenvalue weighted by Gasteiger charge is 2.67. The fourth-order valence-electron chi connectivity index (χ4n) is 2.78. The van der Waals surface area contributed by atoms with Crippen LogP contribution in [0, 0.1) is 0 Å². The zero-order valence-corrected chi connectivity index (χ0v) is 10.7. The summed E-state index contributed by atoms with van der Waals surface area (Å²) in [6.07, 6.45) is 0. The van der Waals surface area contributed by atoms with E-state index < -0.39 is 6.69 Å². The summed E-state index contributed by atoms with van der Waals surface area (Å²) in [5.74, 6) is -0.398. The van der Waals surface area contributed by atoms with Crippen molar-refractivity contribution >= 4 is 24.2 Å². The number of carbonyl (C=O) groups is 2. The van der Waals surface area contributed by atoms with Crippen LogP contribution in [0.15, 0.2) is 18.2 Å². The van der Waals surface area contributed by atoms with E-state index in [2.05, 4.69) is 4.98 Å². The Balaban J connectivity index is 2.14. The Morgan fingerprint density at radius 1 is 1.26 bits per heavy atom. The van der Waals surface area contributed by atoms with Crippen LogP contribution in [0.2, 0.25) is 0 Å². The molecule has 100 valence electrons. The Morgan fingerprint density at radius 3 is 2.47 bits per heavy atom. The van der Waals surface area contributed by atoms with Gasteiger partial charge >= 0.3 is 18.6 Å². The van der Waals surface area contributed by atoms with Crippen molar-refractivity contribution in [3.63, 3.8) is 0 Å². The lowest BCUT2D eigenvalue weighted by Crippen LogP contribution is -2.68. The predicted molar refractivity (Wildman–Crippen MR) is 64.3 cm³/mol. The van der Waals surface area contributed by atoms with Gasteiger partial charge in [0.2, 0.25) is 5.88 Å². The molecule has 0 N–H and O–H groups in total. The fraction of sp³-hybridized carbons (Fsp3) is 0.364. The first kappa shape index (κ1) is 12.0. The van der Waals surface area contributed by atoms with Gasteiger partial charge in [-0.05, 0) is 0 Å². The maximum Gasteiger partial charge on any atom is 0.632 e. The summed E-state index contributed by atoms with van der Waals surface area (Å²) in [5.41, 5.74) is 0.415. The molecule has 2 saturated heterocycles. The number of hydrogen-bond donors (Lipinski definition) is 0. The van der Waals surface area contributed by atoms with E-state index in [-0.39, 0.29) is 29.4 Å². The first-order chi connectivity index (χ1) is 8.99. The molecule has 0 aliphatic carbocycles. The van der Waals surface area contributed by atoms with Gasteiger partial charge in [0.25, 0.3) is 0 Å². The molecule has 0 radical (unpaired) electrons. The maximum absolute atomic E-state index is 11.6. The number of ether oxygens (including phenoxy) is 1. The molecule has 0 saturated carbocycles. The third-order valence-corrected chi connectivity index (χ3v) is 3.71. The normalized spacial score (nSPS) is 32.7. The number of carbonyl (C=O) groups excluding carboxylic acids is 2. The summed E-state index contributed by atoms with van der Waals surface area (Å²) in [4.78, 5) is 27.5. The molecule has 2 fully saturated rings. The van der Waals surface area contributed by atoms with Crippen LogP contribution in [0.3, 0.4) is 0 Å². The molecule has 0 bridgehead atoms. The monoisotopic (exact) mass is 264 g/mol. The quantitative estimate of drug-likeness (QED) is 0.624. The Hall–Kier alpha value is -2.09. The number of fused-ring (bicyclic) bond motifs is 1. The summed E-state index contributed by atoms with van der Waals surface area (Å²) >= 11 is 0. The number of pyridine rings is 1. The smallest absolute Gasteiger partial charge is 0.595 e. The van der Waals surface area contributed by atoms with E-state index in [1.807, 2.05) is 0 Å². The Bertz CT molecular complexity index is 556. The van der Waals surface area contributed by atoms with Crippen molar-refractivity contribution in [1.29, 1.82) is 0 Å². The van der Waals surface area contributed by atoms with E-state index in [0.29, 0.717) is 11.5 Å². The number of methoxy groups -OCH3 is 1. The van der Waals surface area contributed by atoms with Crippen LogP contribution in [0.5, 0.6) is 5.88 Å². The Labute approximate surface area is 109 Å². The molecule has 0 spiro atoms. The highest BCUT2D eigenvalue weighted by molar-refractivity contribution is 6.78. The van der Waals surface area contributed by atoms with Gasteiger partial charge < -0.3 is 18.4 Å². The molecule has 0 aromatic carbocycles. The molecule has 1 aromatic heterocycles. The molecule has 0 atom stereocenters. The second-order valence-electron chi connectivity index (χ2n) is 5.05. The summed E-state index contributed by atoms with van der Waals surface area (Å²) in [6.45, 7) is -2.06. The summed E-state index contributed by atoms with van der Waals surface area (Å²) in [6, 6.07) is 5.07. The predicted octanol–water partition coefficient (Wildman–Crippen LogP) is -1.20. The van der Waals surface area contributed by atoms with Crippen molar-refractivity contribution in [2.24, 2.45) is 0 Å². The number of nitrogens with zero attached hydrogens (tertiary/aromatic N) is 2. The largest absolute Gasteiger partial charge is 0.632 e. The minimum Gasteiger partial charge on any atom is -0.595 e. The second kappa shape index (κ2) is 3.70. The molecule has 7 nitrogen and oxygen atoms in total. The number of aromatic nitrogens is 1. The van der Waals surface area contributed by atoms with Crippen molar-refractivity contribution in [3.05, 3.63) is 18.2 Å². The standard InChI is InChI=1S/C11H13BN2O5/c1-14-6-10(15)18-12(14,19-11(16)7-14)8-4-3-5-9(13-8)17-2/h3-5H,6-7H2,1-2H3. The molecule has 19 heavy (non-hydrogen) atoms. The first-order valence-corrected chi connectivity index (χ1v) is 5.93. The number of quaternary nitrogens is 1. The van der Waals surface area contributed by atoms with Crippen molar-refractivity contribution in [2.45, 2.75) is 0 Å². The number of rotatable bonds is 2. The minimum atomic E-state index is -2.27. The van der Waals surface area contributed by atoms with E-state index in [0.717, 1.165) is 0 Å². The summed E-state index contributed by atoms with van der Waals surface area (Å²) < 4.78 is 15.9. The molecule has 3 rings (SSSR count). The lowest BCUT2D eigenvalue weighted by Gasteiger charge is -2.39. The molecule has 1 aromatic rings. The van der Waals surface area contributed by atoms with Crippen LogP contribution >= 0.6 is 0 Å². The van der Waals surface area contributed by atoms with Gasteiger partial charge in [0.05, 0.1) is 7.11 Å². The lowest BCUT2D eigenvalue weighted by atomic mass is 9.64. The Morgan fingerprint density at radius 2 is 1.89 bits per heavy atom. The molecular weight excluding hydrogens is 251 g/mol. The third kappa shape index (κ3) is 1.53. The number of likely N-dealkylation sites (N-methyl/N-ethyl adjacent to an activating group) is 1. The lowest BCUT2D eigenvalue weighted by molar-refractivity contribution is -0.791. The zero-order chi connectivity index (χ0) is 13.7. The van der Waals surface area contributed by atoms with Gasteiger partial charge in [-0.2, -0.15) is 0 Å². The van der Waals surface area contributed by atoms with E-state index in [9.17, 15) is 9.59 Å². The highest BCUT2D eigenvalue weighted by atomic mass is 16.7. The number of hydrogen-bond acceptors (Lipinski definition) is 6. The van der Waals surface area contributed by atoms with Gasteiger partial charge in [-0.1, -0.05) is 12.1 Å². The van der Waals surface area contributed by atoms with E-state index in [1.165, 1.54) is 7.11 Å². The molecular formula is C11H13BN2O5.